The van der Waals surface area contributed by atoms with Gasteiger partial charge in [0.05, 0.1) is 12.0 Å². The van der Waals surface area contributed by atoms with E-state index in [1.54, 1.807) is 0 Å². The summed E-state index contributed by atoms with van der Waals surface area (Å²) in [6.07, 6.45) is 3.47. The van der Waals surface area contributed by atoms with Gasteiger partial charge in [0.15, 0.2) is 0 Å². The molecule has 0 atom stereocenters. The molecule has 2 heteroatoms. The van der Waals surface area contributed by atoms with Crippen LogP contribution < -0.4 is 0 Å². The first-order valence-corrected chi connectivity index (χ1v) is 3.89. The summed E-state index contributed by atoms with van der Waals surface area (Å²) in [5, 5.41) is 8.92. The molecule has 0 aromatic rings. The lowest BCUT2D eigenvalue weighted by molar-refractivity contribution is -0.136. The molecule has 0 bridgehead atoms. The average molecular weight is 142 g/mol. The van der Waals surface area contributed by atoms with E-state index < -0.39 is 0 Å². The fourth-order valence-electron chi connectivity index (χ4n) is 1.50. The first-order chi connectivity index (χ1) is 4.75. The van der Waals surface area contributed by atoms with Gasteiger partial charge in [-0.1, -0.05) is 13.3 Å². The summed E-state index contributed by atoms with van der Waals surface area (Å²) in [7, 11) is 0. The third kappa shape index (κ3) is 0.966. The molecule has 1 saturated carbocycles. The van der Waals surface area contributed by atoms with Crippen LogP contribution in [0.15, 0.2) is 0 Å². The molecule has 1 rings (SSSR count). The lowest BCUT2D eigenvalue weighted by Crippen LogP contribution is -2.40. The Bertz CT molecular complexity index is 131. The van der Waals surface area contributed by atoms with Crippen molar-refractivity contribution in [3.63, 3.8) is 0 Å². The lowest BCUT2D eigenvalue weighted by Gasteiger charge is -2.38. The number of hydrogen-bond donors (Lipinski definition) is 1. The summed E-state index contributed by atoms with van der Waals surface area (Å²) in [5.41, 5.74) is -0.311. The lowest BCUT2D eigenvalue weighted by atomic mass is 9.66. The SMILES string of the molecule is CCC(=O)C1(CO)CCC1. The summed E-state index contributed by atoms with van der Waals surface area (Å²) >= 11 is 0. The maximum atomic E-state index is 11.2. The van der Waals surface area contributed by atoms with E-state index in [-0.39, 0.29) is 17.8 Å². The zero-order valence-corrected chi connectivity index (χ0v) is 6.39. The van der Waals surface area contributed by atoms with E-state index in [0.717, 1.165) is 19.3 Å². The van der Waals surface area contributed by atoms with Gasteiger partial charge >= 0.3 is 0 Å². The number of aliphatic hydroxyl groups is 1. The van der Waals surface area contributed by atoms with E-state index >= 15 is 0 Å². The van der Waals surface area contributed by atoms with Crippen LogP contribution in [-0.2, 0) is 4.79 Å². The van der Waals surface area contributed by atoms with Crippen molar-refractivity contribution in [1.82, 2.24) is 0 Å². The molecule has 0 amide bonds. The molecule has 1 fully saturated rings. The second-order valence-electron chi connectivity index (χ2n) is 3.07. The van der Waals surface area contributed by atoms with Crippen LogP contribution in [0.2, 0.25) is 0 Å². The summed E-state index contributed by atoms with van der Waals surface area (Å²) in [5.74, 6) is 0.237. The Morgan fingerprint density at radius 1 is 1.60 bits per heavy atom. The molecule has 2 nitrogen and oxygen atoms in total. The van der Waals surface area contributed by atoms with Gasteiger partial charge in [-0.2, -0.15) is 0 Å². The molecule has 0 aliphatic heterocycles. The van der Waals surface area contributed by atoms with Gasteiger partial charge in [0, 0.05) is 6.42 Å². The van der Waals surface area contributed by atoms with Gasteiger partial charge in [-0.25, -0.2) is 0 Å². The Hall–Kier alpha value is -0.370. The van der Waals surface area contributed by atoms with Crippen molar-refractivity contribution in [3.05, 3.63) is 0 Å². The molecule has 0 radical (unpaired) electrons. The van der Waals surface area contributed by atoms with Gasteiger partial charge in [-0.3, -0.25) is 4.79 Å². The molecule has 58 valence electrons. The molecule has 1 aliphatic carbocycles. The Kier molecular flexibility index (Phi) is 2.09. The van der Waals surface area contributed by atoms with Crippen LogP contribution in [0.3, 0.4) is 0 Å². The number of Topliss-reactive ketones (excluding diaryl/α,β-unsaturated/α-hetero) is 1. The first kappa shape index (κ1) is 7.73. The zero-order valence-electron chi connectivity index (χ0n) is 6.39. The van der Waals surface area contributed by atoms with Crippen molar-refractivity contribution in [2.24, 2.45) is 5.41 Å². The molecule has 0 aromatic heterocycles. The van der Waals surface area contributed by atoms with E-state index in [9.17, 15) is 4.79 Å². The predicted octanol–water partition coefficient (Wildman–Crippen LogP) is 1.13. The largest absolute Gasteiger partial charge is 0.395 e. The van der Waals surface area contributed by atoms with Gasteiger partial charge in [-0.15, -0.1) is 0 Å². The van der Waals surface area contributed by atoms with Crippen molar-refractivity contribution in [1.29, 1.82) is 0 Å². The van der Waals surface area contributed by atoms with Crippen molar-refractivity contribution in [3.8, 4) is 0 Å². The topological polar surface area (TPSA) is 37.3 Å². The van der Waals surface area contributed by atoms with Crippen LogP contribution in [0.5, 0.6) is 0 Å². The Morgan fingerprint density at radius 3 is 2.30 bits per heavy atom. The fourth-order valence-corrected chi connectivity index (χ4v) is 1.50. The number of carbonyl (C=O) groups is 1. The van der Waals surface area contributed by atoms with Crippen LogP contribution >= 0.6 is 0 Å². The molecule has 1 aliphatic rings. The highest BCUT2D eigenvalue weighted by atomic mass is 16.3. The maximum Gasteiger partial charge on any atom is 0.141 e. The quantitative estimate of drug-likeness (QED) is 0.641. The number of carbonyl (C=O) groups excluding carboxylic acids is 1. The summed E-state index contributed by atoms with van der Waals surface area (Å²) < 4.78 is 0. The van der Waals surface area contributed by atoms with Crippen molar-refractivity contribution < 1.29 is 9.90 Å². The normalized spacial score (nSPS) is 21.8. The minimum Gasteiger partial charge on any atom is -0.395 e. The molecular formula is C8H14O2. The van der Waals surface area contributed by atoms with E-state index in [1.807, 2.05) is 6.92 Å². The van der Waals surface area contributed by atoms with Crippen LogP contribution in [0.25, 0.3) is 0 Å². The Labute approximate surface area is 61.2 Å². The van der Waals surface area contributed by atoms with Gasteiger partial charge in [0.2, 0.25) is 0 Å². The molecule has 0 saturated heterocycles. The number of ketones is 1. The standard InChI is InChI=1S/C8H14O2/c1-2-7(10)8(6-9)4-3-5-8/h9H,2-6H2,1H3. The molecule has 0 spiro atoms. The second-order valence-corrected chi connectivity index (χ2v) is 3.07. The Balaban J connectivity index is 2.55. The highest BCUT2D eigenvalue weighted by Gasteiger charge is 2.41. The van der Waals surface area contributed by atoms with Crippen molar-refractivity contribution in [2.45, 2.75) is 32.6 Å². The second kappa shape index (κ2) is 2.70. The van der Waals surface area contributed by atoms with Gasteiger partial charge in [0.1, 0.15) is 5.78 Å². The van der Waals surface area contributed by atoms with E-state index in [1.165, 1.54) is 0 Å². The minimum atomic E-state index is -0.311. The summed E-state index contributed by atoms with van der Waals surface area (Å²) in [6.45, 7) is 1.91. The minimum absolute atomic E-state index is 0.0552. The first-order valence-electron chi connectivity index (χ1n) is 3.89. The molecule has 0 aromatic carbocycles. The number of aliphatic hydroxyl groups excluding tert-OH is 1. The maximum absolute atomic E-state index is 11.2. The van der Waals surface area contributed by atoms with Gasteiger partial charge in [-0.05, 0) is 12.8 Å². The monoisotopic (exact) mass is 142 g/mol. The van der Waals surface area contributed by atoms with Crippen LogP contribution in [0.1, 0.15) is 32.6 Å². The van der Waals surface area contributed by atoms with Gasteiger partial charge in [0.25, 0.3) is 0 Å². The smallest absolute Gasteiger partial charge is 0.141 e. The van der Waals surface area contributed by atoms with Crippen molar-refractivity contribution in [2.75, 3.05) is 6.61 Å². The molecule has 0 heterocycles. The average Bonchev–Trinajstić information content (AvgIpc) is 1.86. The van der Waals surface area contributed by atoms with E-state index in [2.05, 4.69) is 0 Å². The van der Waals surface area contributed by atoms with Crippen LogP contribution in [0.4, 0.5) is 0 Å². The molecule has 0 unspecified atom stereocenters. The summed E-state index contributed by atoms with van der Waals surface area (Å²) in [6, 6.07) is 0. The molecule has 1 N–H and O–H groups in total. The number of rotatable bonds is 3. The highest BCUT2D eigenvalue weighted by molar-refractivity contribution is 5.85. The fraction of sp³-hybridized carbons (Fsp3) is 0.875. The third-order valence-electron chi connectivity index (χ3n) is 2.53. The predicted molar refractivity (Wildman–Crippen MR) is 38.7 cm³/mol. The van der Waals surface area contributed by atoms with E-state index in [4.69, 9.17) is 5.11 Å². The highest BCUT2D eigenvalue weighted by Crippen LogP contribution is 2.41. The van der Waals surface area contributed by atoms with E-state index in [0.29, 0.717) is 6.42 Å². The third-order valence-corrected chi connectivity index (χ3v) is 2.53. The van der Waals surface area contributed by atoms with Crippen LogP contribution in [0, 0.1) is 5.41 Å². The zero-order chi connectivity index (χ0) is 7.61. The molecule has 10 heavy (non-hydrogen) atoms. The van der Waals surface area contributed by atoms with Gasteiger partial charge < -0.3 is 5.11 Å². The Morgan fingerprint density at radius 2 is 2.20 bits per heavy atom. The van der Waals surface area contributed by atoms with Crippen LogP contribution in [-0.4, -0.2) is 17.5 Å². The number of hydrogen-bond acceptors (Lipinski definition) is 2. The molecular weight excluding hydrogens is 128 g/mol. The summed E-state index contributed by atoms with van der Waals surface area (Å²) in [4.78, 5) is 11.2. The van der Waals surface area contributed by atoms with Crippen molar-refractivity contribution >= 4 is 5.78 Å².